The summed E-state index contributed by atoms with van der Waals surface area (Å²) in [4.78, 5) is 9.54. The molecule has 0 fully saturated rings. The molecule has 0 saturated carbocycles. The van der Waals surface area contributed by atoms with E-state index in [9.17, 15) is 0 Å². The largest absolute Gasteiger partial charge is 0.450 e. The maximum atomic E-state index is 6.49. The van der Waals surface area contributed by atoms with Gasteiger partial charge in [-0.2, -0.15) is 0 Å². The van der Waals surface area contributed by atoms with E-state index in [-0.39, 0.29) is 5.41 Å². The zero-order chi connectivity index (χ0) is 30.1. The zero-order valence-corrected chi connectivity index (χ0v) is 24.9. The molecule has 4 nitrogen and oxygen atoms in total. The molecule has 1 aliphatic carbocycles. The third-order valence-corrected chi connectivity index (χ3v) is 9.22. The van der Waals surface area contributed by atoms with Crippen LogP contribution in [-0.2, 0) is 5.41 Å². The van der Waals surface area contributed by atoms with E-state index in [1.165, 1.54) is 22.3 Å². The van der Waals surface area contributed by atoms with E-state index < -0.39 is 0 Å². The van der Waals surface area contributed by atoms with Crippen LogP contribution in [0.15, 0.2) is 134 Å². The fourth-order valence-electron chi connectivity index (χ4n) is 6.83. The summed E-state index contributed by atoms with van der Waals surface area (Å²) in [6, 6.07) is 44.0. The van der Waals surface area contributed by atoms with Gasteiger partial charge in [0, 0.05) is 22.6 Å². The van der Waals surface area contributed by atoms with Crippen LogP contribution in [-0.4, -0.2) is 9.97 Å². The predicted molar refractivity (Wildman–Crippen MR) is 180 cm³/mol. The minimum Gasteiger partial charge on any atom is -0.450 e. The normalized spacial score (nSPS) is 13.6. The van der Waals surface area contributed by atoms with Gasteiger partial charge in [-0.1, -0.05) is 111 Å². The lowest BCUT2D eigenvalue weighted by Gasteiger charge is -2.25. The molecule has 6 aromatic carbocycles. The molecule has 2 aliphatic rings. The molecule has 1 aliphatic heterocycles. The fourth-order valence-corrected chi connectivity index (χ4v) is 6.83. The molecule has 7 aromatic rings. The second-order valence-electron chi connectivity index (χ2n) is 12.3. The van der Waals surface area contributed by atoms with Crippen molar-refractivity contribution in [3.05, 3.63) is 145 Å². The predicted octanol–water partition coefficient (Wildman–Crippen LogP) is 10.8. The van der Waals surface area contributed by atoms with Crippen molar-refractivity contribution >= 4 is 10.9 Å². The molecule has 0 radical (unpaired) electrons. The van der Waals surface area contributed by atoms with E-state index in [0.29, 0.717) is 0 Å². The monoisotopic (exact) mass is 580 g/mol. The van der Waals surface area contributed by atoms with Gasteiger partial charge in [0.15, 0.2) is 28.8 Å². The van der Waals surface area contributed by atoms with Gasteiger partial charge in [0.05, 0.1) is 5.52 Å². The number of nitrogens with zero attached hydrogens (tertiary/aromatic N) is 2. The molecular formula is C41H28N2O2. The molecule has 0 N–H and O–H groups in total. The Labute approximate surface area is 261 Å². The lowest BCUT2D eigenvalue weighted by Crippen LogP contribution is -2.15. The Morgan fingerprint density at radius 2 is 1.18 bits per heavy atom. The van der Waals surface area contributed by atoms with Crippen molar-refractivity contribution in [2.75, 3.05) is 0 Å². The van der Waals surface area contributed by atoms with Gasteiger partial charge in [-0.15, -0.1) is 0 Å². The average molecular weight is 581 g/mol. The van der Waals surface area contributed by atoms with E-state index in [2.05, 4.69) is 104 Å². The van der Waals surface area contributed by atoms with Crippen LogP contribution < -0.4 is 9.47 Å². The first-order valence-corrected chi connectivity index (χ1v) is 15.2. The van der Waals surface area contributed by atoms with Gasteiger partial charge in [0.2, 0.25) is 0 Å². The summed E-state index contributed by atoms with van der Waals surface area (Å²) < 4.78 is 12.9. The van der Waals surface area contributed by atoms with Gasteiger partial charge < -0.3 is 9.47 Å². The summed E-state index contributed by atoms with van der Waals surface area (Å²) >= 11 is 0. The van der Waals surface area contributed by atoms with Crippen LogP contribution in [0, 0.1) is 0 Å². The molecule has 1 aromatic heterocycles. The first-order valence-electron chi connectivity index (χ1n) is 15.2. The van der Waals surface area contributed by atoms with Crippen molar-refractivity contribution in [2.24, 2.45) is 0 Å². The number of rotatable bonds is 3. The topological polar surface area (TPSA) is 44.2 Å². The van der Waals surface area contributed by atoms with Crippen molar-refractivity contribution in [3.8, 4) is 67.8 Å². The number of benzene rings is 6. The molecular weight excluding hydrogens is 552 g/mol. The van der Waals surface area contributed by atoms with E-state index in [1.54, 1.807) is 0 Å². The first-order chi connectivity index (χ1) is 22.0. The molecule has 2 heterocycles. The Morgan fingerprint density at radius 3 is 2.04 bits per heavy atom. The highest BCUT2D eigenvalue weighted by atomic mass is 16.6. The molecule has 0 saturated heterocycles. The van der Waals surface area contributed by atoms with Gasteiger partial charge in [0.25, 0.3) is 0 Å². The lowest BCUT2D eigenvalue weighted by molar-refractivity contribution is 0.359. The Bertz CT molecular complexity index is 2290. The van der Waals surface area contributed by atoms with Gasteiger partial charge >= 0.3 is 0 Å². The van der Waals surface area contributed by atoms with E-state index in [0.717, 1.165) is 67.5 Å². The third-order valence-electron chi connectivity index (χ3n) is 9.22. The van der Waals surface area contributed by atoms with Crippen molar-refractivity contribution in [1.82, 2.24) is 9.97 Å². The van der Waals surface area contributed by atoms with Crippen LogP contribution in [0.4, 0.5) is 0 Å². The number of ether oxygens (including phenoxy) is 2. The van der Waals surface area contributed by atoms with Crippen molar-refractivity contribution < 1.29 is 9.47 Å². The Balaban J connectivity index is 1.02. The number of hydrogen-bond acceptors (Lipinski definition) is 4. The second kappa shape index (κ2) is 9.63. The summed E-state index contributed by atoms with van der Waals surface area (Å²) in [5, 5.41) is 1.03. The van der Waals surface area contributed by atoms with Gasteiger partial charge in [-0.25, -0.2) is 9.97 Å². The maximum absolute atomic E-state index is 6.49. The highest BCUT2D eigenvalue weighted by Crippen LogP contribution is 2.55. The van der Waals surface area contributed by atoms with E-state index in [1.807, 2.05) is 48.7 Å². The van der Waals surface area contributed by atoms with Crippen LogP contribution in [0.2, 0.25) is 0 Å². The molecule has 0 unspecified atom stereocenters. The first kappa shape index (κ1) is 25.7. The zero-order valence-electron chi connectivity index (χ0n) is 24.9. The van der Waals surface area contributed by atoms with Crippen molar-refractivity contribution in [2.45, 2.75) is 19.3 Å². The molecule has 0 atom stereocenters. The summed E-state index contributed by atoms with van der Waals surface area (Å²) in [7, 11) is 0. The summed E-state index contributed by atoms with van der Waals surface area (Å²) in [6.45, 7) is 4.55. The van der Waals surface area contributed by atoms with Crippen molar-refractivity contribution in [1.29, 1.82) is 0 Å². The second-order valence-corrected chi connectivity index (χ2v) is 12.3. The molecule has 0 amide bonds. The summed E-state index contributed by atoms with van der Waals surface area (Å²) in [5.74, 6) is 3.68. The molecule has 9 rings (SSSR count). The minimum absolute atomic E-state index is 0.0925. The standard InChI is InChI=1S/C41H28N2O2/c1-41(2)33-13-7-6-11-30(33)31-22-38-39(23-34(31)41)44-36-20-19-28(21-37(36)45-38)25-15-17-26(18-16-25)29-12-8-14-35-32(29)24-42-40(43-35)27-9-4-3-5-10-27/h3-24H,1-2H3. The van der Waals surface area contributed by atoms with E-state index in [4.69, 9.17) is 14.5 Å². The Morgan fingerprint density at radius 1 is 0.489 bits per heavy atom. The van der Waals surface area contributed by atoms with Crippen LogP contribution in [0.1, 0.15) is 25.0 Å². The fraction of sp³-hybridized carbons (Fsp3) is 0.0732. The van der Waals surface area contributed by atoms with Gasteiger partial charge in [0.1, 0.15) is 0 Å². The van der Waals surface area contributed by atoms with Crippen LogP contribution in [0.5, 0.6) is 23.0 Å². The highest BCUT2D eigenvalue weighted by molar-refractivity contribution is 5.95. The molecule has 4 heteroatoms. The summed E-state index contributed by atoms with van der Waals surface area (Å²) in [5.41, 5.74) is 11.3. The van der Waals surface area contributed by atoms with Crippen LogP contribution in [0.3, 0.4) is 0 Å². The molecule has 45 heavy (non-hydrogen) atoms. The third kappa shape index (κ3) is 4.06. The summed E-state index contributed by atoms with van der Waals surface area (Å²) in [6.07, 6.45) is 1.93. The molecule has 0 bridgehead atoms. The minimum atomic E-state index is -0.0925. The Kier molecular flexibility index (Phi) is 5.51. The highest BCUT2D eigenvalue weighted by Gasteiger charge is 2.37. The number of aromatic nitrogens is 2. The van der Waals surface area contributed by atoms with Crippen molar-refractivity contribution in [3.63, 3.8) is 0 Å². The average Bonchev–Trinajstić information content (AvgIpc) is 3.31. The van der Waals surface area contributed by atoms with E-state index >= 15 is 0 Å². The van der Waals surface area contributed by atoms with Gasteiger partial charge in [-0.3, -0.25) is 0 Å². The lowest BCUT2D eigenvalue weighted by atomic mass is 9.82. The Hall–Kier alpha value is -5.74. The molecule has 0 spiro atoms. The quantitative estimate of drug-likeness (QED) is 0.208. The van der Waals surface area contributed by atoms with Gasteiger partial charge in [-0.05, 0) is 74.8 Å². The smallest absolute Gasteiger partial charge is 0.170 e. The van der Waals surface area contributed by atoms with Crippen LogP contribution in [0.25, 0.3) is 55.7 Å². The molecule has 214 valence electrons. The number of hydrogen-bond donors (Lipinski definition) is 0. The maximum Gasteiger partial charge on any atom is 0.170 e. The van der Waals surface area contributed by atoms with Crippen LogP contribution >= 0.6 is 0 Å². The SMILES string of the molecule is CC1(C)c2ccccc2-c2cc3c(cc21)Oc1ccc(-c2ccc(-c4cccc5nc(-c6ccccc6)ncc45)cc2)cc1O3. The number of fused-ring (bicyclic) bond motifs is 6.